The molecule has 0 saturated carbocycles. The summed E-state index contributed by atoms with van der Waals surface area (Å²) in [6.07, 6.45) is 0.667. The summed E-state index contributed by atoms with van der Waals surface area (Å²) in [7, 11) is 1.57. The van der Waals surface area contributed by atoms with Gasteiger partial charge in [0, 0.05) is 18.7 Å². The number of carbonyl (C=O) groups is 2. The first kappa shape index (κ1) is 23.5. The Morgan fingerprint density at radius 2 is 1.76 bits per heavy atom. The van der Waals surface area contributed by atoms with Crippen LogP contribution in [0.25, 0.3) is 0 Å². The molecule has 0 unspecified atom stereocenters. The fourth-order valence-corrected chi connectivity index (χ4v) is 4.68. The largest absolute Gasteiger partial charge is 0.497 e. The van der Waals surface area contributed by atoms with Crippen LogP contribution in [0.4, 0.5) is 15.8 Å². The highest BCUT2D eigenvalue weighted by atomic mass is 32.2. The highest BCUT2D eigenvalue weighted by molar-refractivity contribution is 8.15. The number of hydrogen-bond donors (Lipinski definition) is 1. The maximum absolute atomic E-state index is 13.3. The van der Waals surface area contributed by atoms with Crippen molar-refractivity contribution in [2.24, 2.45) is 4.99 Å². The molecule has 1 fully saturated rings. The molecule has 3 aromatic carbocycles. The second kappa shape index (κ2) is 11.0. The van der Waals surface area contributed by atoms with Crippen LogP contribution in [0.15, 0.2) is 83.9 Å². The average Bonchev–Trinajstić information content (AvgIpc) is 3.13. The van der Waals surface area contributed by atoms with Gasteiger partial charge in [0.2, 0.25) is 11.8 Å². The van der Waals surface area contributed by atoms with Crippen molar-refractivity contribution in [3.8, 4) is 5.75 Å². The lowest BCUT2D eigenvalue weighted by Crippen LogP contribution is -2.35. The molecule has 1 N–H and O–H groups in total. The minimum atomic E-state index is -0.590. The van der Waals surface area contributed by atoms with Gasteiger partial charge in [-0.05, 0) is 60.5 Å². The van der Waals surface area contributed by atoms with E-state index in [0.29, 0.717) is 35.3 Å². The van der Waals surface area contributed by atoms with Crippen LogP contribution in [0.3, 0.4) is 0 Å². The number of amides is 2. The van der Waals surface area contributed by atoms with E-state index in [1.807, 2.05) is 30.3 Å². The number of aliphatic imine (C=N–C) groups is 1. The summed E-state index contributed by atoms with van der Waals surface area (Å²) in [5, 5.41) is 2.74. The van der Waals surface area contributed by atoms with Crippen molar-refractivity contribution in [1.29, 1.82) is 0 Å². The van der Waals surface area contributed by atoms with Crippen LogP contribution in [0, 0.1) is 5.82 Å². The van der Waals surface area contributed by atoms with Gasteiger partial charge < -0.3 is 10.1 Å². The van der Waals surface area contributed by atoms with Crippen molar-refractivity contribution >= 4 is 40.1 Å². The molecule has 1 saturated heterocycles. The fraction of sp³-hybridized carbons (Fsp3) is 0.192. The number of rotatable bonds is 8. The van der Waals surface area contributed by atoms with Crippen molar-refractivity contribution in [2.75, 3.05) is 19.0 Å². The van der Waals surface area contributed by atoms with E-state index in [4.69, 9.17) is 4.74 Å². The van der Waals surface area contributed by atoms with Crippen LogP contribution in [0.5, 0.6) is 5.75 Å². The number of hydrogen-bond acceptors (Lipinski definition) is 5. The Hall–Kier alpha value is -3.65. The lowest BCUT2D eigenvalue weighted by atomic mass is 10.1. The third kappa shape index (κ3) is 6.02. The van der Waals surface area contributed by atoms with Crippen molar-refractivity contribution in [3.63, 3.8) is 0 Å². The summed E-state index contributed by atoms with van der Waals surface area (Å²) in [6, 6.07) is 22.6. The minimum absolute atomic E-state index is 0.0137. The molecule has 0 spiro atoms. The van der Waals surface area contributed by atoms with Crippen LogP contribution in [0.2, 0.25) is 0 Å². The second-order valence-corrected chi connectivity index (χ2v) is 8.85. The summed E-state index contributed by atoms with van der Waals surface area (Å²) in [5.74, 6) is -0.0860. The number of carbonyl (C=O) groups excluding carboxylic acids is 2. The Bertz CT molecular complexity index is 1170. The molecular formula is C26H24FN3O3S. The van der Waals surface area contributed by atoms with Crippen molar-refractivity contribution in [3.05, 3.63) is 90.2 Å². The minimum Gasteiger partial charge on any atom is -0.497 e. The van der Waals surface area contributed by atoms with Gasteiger partial charge in [0.25, 0.3) is 0 Å². The SMILES string of the molecule is COc1ccc(NC(=O)C[C@H]2SC(=Nc3ccc(F)cc3)N(CCc3ccccc3)C2=O)cc1. The predicted molar refractivity (Wildman–Crippen MR) is 133 cm³/mol. The Labute approximate surface area is 201 Å². The Balaban J connectivity index is 1.48. The molecule has 34 heavy (non-hydrogen) atoms. The van der Waals surface area contributed by atoms with Gasteiger partial charge in [-0.25, -0.2) is 9.38 Å². The molecule has 0 aromatic heterocycles. The van der Waals surface area contributed by atoms with Crippen molar-refractivity contribution in [2.45, 2.75) is 18.1 Å². The number of methoxy groups -OCH3 is 1. The highest BCUT2D eigenvalue weighted by Crippen LogP contribution is 2.32. The molecule has 2 amide bonds. The van der Waals surface area contributed by atoms with E-state index in [2.05, 4.69) is 10.3 Å². The lowest BCUT2D eigenvalue weighted by Gasteiger charge is -2.16. The number of benzene rings is 3. The van der Waals surface area contributed by atoms with Gasteiger partial charge in [-0.3, -0.25) is 14.5 Å². The molecule has 0 radical (unpaired) electrons. The van der Waals surface area contributed by atoms with Crippen molar-refractivity contribution < 1.29 is 18.7 Å². The third-order valence-corrected chi connectivity index (χ3v) is 6.46. The first-order valence-electron chi connectivity index (χ1n) is 10.8. The number of amidine groups is 1. The quantitative estimate of drug-likeness (QED) is 0.494. The van der Waals surface area contributed by atoms with Crippen LogP contribution < -0.4 is 10.1 Å². The molecule has 0 bridgehead atoms. The predicted octanol–water partition coefficient (Wildman–Crippen LogP) is 5.04. The Kier molecular flexibility index (Phi) is 7.59. The zero-order chi connectivity index (χ0) is 23.9. The molecule has 1 heterocycles. The number of nitrogens with one attached hydrogen (secondary N) is 1. The van der Waals surface area contributed by atoms with E-state index >= 15 is 0 Å². The topological polar surface area (TPSA) is 71.0 Å². The standard InChI is InChI=1S/C26H24FN3O3S/c1-33-22-13-11-20(12-14-22)28-24(31)17-23-25(32)30(16-15-18-5-3-2-4-6-18)26(34-23)29-21-9-7-19(27)8-10-21/h2-14,23H,15-17H2,1H3,(H,28,31)/t23-/m1/s1. The van der Waals surface area contributed by atoms with E-state index in [1.165, 1.54) is 23.9 Å². The van der Waals surface area contributed by atoms with Gasteiger partial charge in [0.05, 0.1) is 12.8 Å². The van der Waals surface area contributed by atoms with E-state index < -0.39 is 5.25 Å². The van der Waals surface area contributed by atoms with E-state index in [0.717, 1.165) is 5.56 Å². The summed E-state index contributed by atoms with van der Waals surface area (Å²) < 4.78 is 18.4. The molecule has 3 aromatic rings. The molecule has 4 rings (SSSR count). The van der Waals surface area contributed by atoms with Gasteiger partial charge in [-0.2, -0.15) is 0 Å². The zero-order valence-electron chi connectivity index (χ0n) is 18.6. The maximum atomic E-state index is 13.3. The molecule has 1 atom stereocenters. The van der Waals surface area contributed by atoms with Crippen LogP contribution in [-0.2, 0) is 16.0 Å². The summed E-state index contributed by atoms with van der Waals surface area (Å²) in [4.78, 5) is 32.1. The molecular weight excluding hydrogens is 453 g/mol. The second-order valence-electron chi connectivity index (χ2n) is 7.68. The summed E-state index contributed by atoms with van der Waals surface area (Å²) >= 11 is 1.26. The molecule has 1 aliphatic rings. The normalized spacial score (nSPS) is 16.6. The van der Waals surface area contributed by atoms with Gasteiger partial charge in [0.1, 0.15) is 16.8 Å². The Morgan fingerprint density at radius 3 is 2.44 bits per heavy atom. The number of nitrogens with zero attached hydrogens (tertiary/aromatic N) is 2. The van der Waals surface area contributed by atoms with Gasteiger partial charge in [-0.15, -0.1) is 0 Å². The van der Waals surface area contributed by atoms with Crippen LogP contribution in [-0.4, -0.2) is 40.8 Å². The highest BCUT2D eigenvalue weighted by Gasteiger charge is 2.39. The van der Waals surface area contributed by atoms with E-state index in [1.54, 1.807) is 48.4 Å². The van der Waals surface area contributed by atoms with E-state index in [9.17, 15) is 14.0 Å². The molecule has 8 heteroatoms. The smallest absolute Gasteiger partial charge is 0.242 e. The van der Waals surface area contributed by atoms with Gasteiger partial charge in [0.15, 0.2) is 5.17 Å². The first-order chi connectivity index (χ1) is 16.5. The third-order valence-electron chi connectivity index (χ3n) is 5.28. The zero-order valence-corrected chi connectivity index (χ0v) is 19.4. The van der Waals surface area contributed by atoms with Crippen molar-refractivity contribution in [1.82, 2.24) is 4.90 Å². The monoisotopic (exact) mass is 477 g/mol. The number of halogens is 1. The average molecular weight is 478 g/mol. The number of thioether (sulfide) groups is 1. The molecule has 0 aliphatic carbocycles. The Morgan fingerprint density at radius 1 is 1.06 bits per heavy atom. The van der Waals surface area contributed by atoms with E-state index in [-0.39, 0.29) is 24.1 Å². The van der Waals surface area contributed by atoms with Gasteiger partial charge in [-0.1, -0.05) is 42.1 Å². The summed E-state index contributed by atoms with van der Waals surface area (Å²) in [6.45, 7) is 0.437. The molecule has 174 valence electrons. The van der Waals surface area contributed by atoms with Gasteiger partial charge >= 0.3 is 0 Å². The first-order valence-corrected chi connectivity index (χ1v) is 11.7. The fourth-order valence-electron chi connectivity index (χ4n) is 3.50. The summed E-state index contributed by atoms with van der Waals surface area (Å²) in [5.41, 5.74) is 2.27. The maximum Gasteiger partial charge on any atom is 0.242 e. The van der Waals surface area contributed by atoms with Crippen LogP contribution in [0.1, 0.15) is 12.0 Å². The molecule has 6 nitrogen and oxygen atoms in total. The molecule has 1 aliphatic heterocycles. The van der Waals surface area contributed by atoms with Crippen LogP contribution >= 0.6 is 11.8 Å². The number of ether oxygens (including phenoxy) is 1. The number of anilines is 1. The lowest BCUT2D eigenvalue weighted by molar-refractivity contribution is -0.128.